The molecule has 3 heterocycles. The predicted octanol–water partition coefficient (Wildman–Crippen LogP) is 14.8. The molecular weight excluding hydrogens is 741 g/mol. The molecule has 0 fully saturated rings. The minimum absolute atomic E-state index is 0.674. The van der Waals surface area contributed by atoms with Crippen LogP contribution in [-0.4, -0.2) is 19.5 Å². The van der Waals surface area contributed by atoms with Crippen molar-refractivity contribution in [2.24, 2.45) is 0 Å². The Morgan fingerprint density at radius 1 is 0.328 bits per heavy atom. The van der Waals surface area contributed by atoms with Gasteiger partial charge in [0, 0.05) is 39.3 Å². The third kappa shape index (κ3) is 5.88. The standard InChI is InChI=1S/C57H36N4/c1-3-15-38(16-4-1)55-46-22-9-11-24-48(46)56(49-25-12-10-23-47(49)55)42-18-13-19-43(33-42)57-59-51(40-27-26-37-14-7-8-17-39(37)32-40)35-52(60-57)41-28-29-53-50(34-41)45-30-31-58-36-54(45)61(53)44-20-5-2-6-21-44/h1-36H. The number of rotatable bonds is 6. The lowest BCUT2D eigenvalue weighted by molar-refractivity contribution is 1.16. The van der Waals surface area contributed by atoms with Gasteiger partial charge in [0.15, 0.2) is 5.82 Å². The molecule has 0 aliphatic heterocycles. The van der Waals surface area contributed by atoms with E-state index in [0.29, 0.717) is 5.82 Å². The van der Waals surface area contributed by atoms with Gasteiger partial charge in [0.2, 0.25) is 0 Å². The van der Waals surface area contributed by atoms with Gasteiger partial charge in [-0.25, -0.2) is 9.97 Å². The second-order valence-corrected chi connectivity index (χ2v) is 15.6. The smallest absolute Gasteiger partial charge is 0.160 e. The first-order chi connectivity index (χ1) is 30.2. The SMILES string of the molecule is c1ccc(-c2c3ccccc3c(-c3cccc(-c4nc(-c5ccc6ccccc6c5)cc(-c5ccc6c(c5)c5ccncc5n6-c5ccccc5)n4)c3)c3ccccc23)cc1. The number of benzene rings is 9. The monoisotopic (exact) mass is 776 g/mol. The van der Waals surface area contributed by atoms with E-state index >= 15 is 0 Å². The van der Waals surface area contributed by atoms with Crippen LogP contribution in [-0.2, 0) is 0 Å². The normalized spacial score (nSPS) is 11.6. The van der Waals surface area contributed by atoms with E-state index in [1.54, 1.807) is 0 Å². The number of fused-ring (bicyclic) bond motifs is 6. The zero-order chi connectivity index (χ0) is 40.3. The van der Waals surface area contributed by atoms with Crippen molar-refractivity contribution < 1.29 is 0 Å². The van der Waals surface area contributed by atoms with E-state index in [1.165, 1.54) is 49.0 Å². The van der Waals surface area contributed by atoms with Crippen LogP contribution >= 0.6 is 0 Å². The van der Waals surface area contributed by atoms with Crippen molar-refractivity contribution in [2.75, 3.05) is 0 Å². The second-order valence-electron chi connectivity index (χ2n) is 15.6. The average Bonchev–Trinajstić information content (AvgIpc) is 3.67. The lowest BCUT2D eigenvalue weighted by atomic mass is 9.85. The van der Waals surface area contributed by atoms with Gasteiger partial charge in [-0.2, -0.15) is 0 Å². The topological polar surface area (TPSA) is 43.6 Å². The highest BCUT2D eigenvalue weighted by molar-refractivity contribution is 6.21. The molecule has 61 heavy (non-hydrogen) atoms. The molecule has 12 rings (SSSR count). The van der Waals surface area contributed by atoms with Crippen molar-refractivity contribution >= 4 is 54.1 Å². The Labute approximate surface area is 352 Å². The highest BCUT2D eigenvalue weighted by Crippen LogP contribution is 2.44. The minimum atomic E-state index is 0.674. The fourth-order valence-corrected chi connectivity index (χ4v) is 9.27. The summed E-state index contributed by atoms with van der Waals surface area (Å²) in [5.74, 6) is 0.674. The molecule has 4 nitrogen and oxygen atoms in total. The van der Waals surface area contributed by atoms with Crippen LogP contribution in [0.25, 0.3) is 116 Å². The summed E-state index contributed by atoms with van der Waals surface area (Å²) < 4.78 is 2.29. The summed E-state index contributed by atoms with van der Waals surface area (Å²) in [4.78, 5) is 15.3. The molecule has 0 atom stereocenters. The van der Waals surface area contributed by atoms with Crippen molar-refractivity contribution in [3.05, 3.63) is 219 Å². The molecule has 0 aliphatic rings. The van der Waals surface area contributed by atoms with Gasteiger partial charge in [-0.3, -0.25) is 4.98 Å². The molecule has 284 valence electrons. The van der Waals surface area contributed by atoms with Gasteiger partial charge in [-0.05, 0) is 103 Å². The van der Waals surface area contributed by atoms with Crippen molar-refractivity contribution in [3.8, 4) is 61.8 Å². The summed E-state index contributed by atoms with van der Waals surface area (Å²) in [5, 5.41) is 9.53. The van der Waals surface area contributed by atoms with E-state index in [1.807, 2.05) is 12.4 Å². The van der Waals surface area contributed by atoms with Gasteiger partial charge in [-0.15, -0.1) is 0 Å². The van der Waals surface area contributed by atoms with Crippen molar-refractivity contribution in [2.45, 2.75) is 0 Å². The van der Waals surface area contributed by atoms with Gasteiger partial charge in [0.1, 0.15) is 0 Å². The maximum absolute atomic E-state index is 5.40. The first-order valence-electron chi connectivity index (χ1n) is 20.7. The van der Waals surface area contributed by atoms with Gasteiger partial charge in [0.25, 0.3) is 0 Å². The van der Waals surface area contributed by atoms with Crippen LogP contribution in [0.4, 0.5) is 0 Å². The van der Waals surface area contributed by atoms with Crippen molar-refractivity contribution in [1.82, 2.24) is 19.5 Å². The van der Waals surface area contributed by atoms with Gasteiger partial charge in [0.05, 0.1) is 28.6 Å². The molecule has 0 saturated heterocycles. The summed E-state index contributed by atoms with van der Waals surface area (Å²) in [6, 6.07) is 73.6. The number of aromatic nitrogens is 4. The summed E-state index contributed by atoms with van der Waals surface area (Å²) in [6.07, 6.45) is 3.83. The third-order valence-corrected chi connectivity index (χ3v) is 12.1. The van der Waals surface area contributed by atoms with E-state index in [0.717, 1.165) is 61.1 Å². The molecule has 12 aromatic rings. The van der Waals surface area contributed by atoms with Crippen LogP contribution in [0, 0.1) is 0 Å². The average molecular weight is 777 g/mol. The first kappa shape index (κ1) is 34.8. The maximum Gasteiger partial charge on any atom is 0.160 e. The fourth-order valence-electron chi connectivity index (χ4n) is 9.27. The Morgan fingerprint density at radius 3 is 1.62 bits per heavy atom. The molecule has 9 aromatic carbocycles. The molecular formula is C57H36N4. The molecule has 0 amide bonds. The van der Waals surface area contributed by atoms with Gasteiger partial charge >= 0.3 is 0 Å². The zero-order valence-corrected chi connectivity index (χ0v) is 33.1. The van der Waals surface area contributed by atoms with E-state index in [4.69, 9.17) is 9.97 Å². The number of hydrogen-bond acceptors (Lipinski definition) is 3. The number of para-hydroxylation sites is 1. The Balaban J connectivity index is 1.07. The van der Waals surface area contributed by atoms with E-state index in [9.17, 15) is 0 Å². The van der Waals surface area contributed by atoms with Crippen LogP contribution < -0.4 is 0 Å². The second kappa shape index (κ2) is 14.3. The van der Waals surface area contributed by atoms with E-state index in [-0.39, 0.29) is 0 Å². The Morgan fingerprint density at radius 2 is 0.902 bits per heavy atom. The molecule has 0 spiro atoms. The van der Waals surface area contributed by atoms with Crippen LogP contribution in [0.5, 0.6) is 0 Å². The number of hydrogen-bond donors (Lipinski definition) is 0. The van der Waals surface area contributed by atoms with Gasteiger partial charge < -0.3 is 4.57 Å². The summed E-state index contributed by atoms with van der Waals surface area (Å²) >= 11 is 0. The first-order valence-corrected chi connectivity index (χ1v) is 20.7. The molecule has 0 unspecified atom stereocenters. The van der Waals surface area contributed by atoms with E-state index in [2.05, 4.69) is 216 Å². The van der Waals surface area contributed by atoms with Crippen LogP contribution in [0.3, 0.4) is 0 Å². The fraction of sp³-hybridized carbons (Fsp3) is 0. The van der Waals surface area contributed by atoms with Crippen molar-refractivity contribution in [3.63, 3.8) is 0 Å². The minimum Gasteiger partial charge on any atom is -0.308 e. The van der Waals surface area contributed by atoms with Crippen molar-refractivity contribution in [1.29, 1.82) is 0 Å². The van der Waals surface area contributed by atoms with Crippen LogP contribution in [0.15, 0.2) is 219 Å². The number of nitrogens with zero attached hydrogens (tertiary/aromatic N) is 4. The molecule has 0 bridgehead atoms. The molecule has 0 aliphatic carbocycles. The molecule has 0 saturated carbocycles. The summed E-state index contributed by atoms with van der Waals surface area (Å²) in [6.45, 7) is 0. The quantitative estimate of drug-likeness (QED) is 0.158. The van der Waals surface area contributed by atoms with Gasteiger partial charge in [-0.1, -0.05) is 158 Å². The lowest BCUT2D eigenvalue weighted by Crippen LogP contribution is -1.97. The van der Waals surface area contributed by atoms with E-state index < -0.39 is 0 Å². The summed E-state index contributed by atoms with van der Waals surface area (Å²) in [5.41, 5.74) is 12.8. The molecule has 0 N–H and O–H groups in total. The zero-order valence-electron chi connectivity index (χ0n) is 33.1. The van der Waals surface area contributed by atoms with Crippen LogP contribution in [0.2, 0.25) is 0 Å². The largest absolute Gasteiger partial charge is 0.308 e. The molecule has 0 radical (unpaired) electrons. The summed E-state index contributed by atoms with van der Waals surface area (Å²) in [7, 11) is 0. The Hall–Kier alpha value is -8.21. The molecule has 4 heteroatoms. The third-order valence-electron chi connectivity index (χ3n) is 12.1. The Bertz CT molecular complexity index is 3590. The highest BCUT2D eigenvalue weighted by Gasteiger charge is 2.19. The Kier molecular flexibility index (Phi) is 8.13. The predicted molar refractivity (Wildman–Crippen MR) is 254 cm³/mol. The highest BCUT2D eigenvalue weighted by atomic mass is 15.0. The lowest BCUT2D eigenvalue weighted by Gasteiger charge is -2.18. The molecule has 3 aromatic heterocycles. The van der Waals surface area contributed by atoms with Crippen LogP contribution in [0.1, 0.15) is 0 Å². The number of pyridine rings is 1. The maximum atomic E-state index is 5.40.